The zero-order chi connectivity index (χ0) is 10.9. The van der Waals surface area contributed by atoms with E-state index in [0.29, 0.717) is 12.5 Å². The van der Waals surface area contributed by atoms with Gasteiger partial charge in [-0.3, -0.25) is 0 Å². The van der Waals surface area contributed by atoms with Crippen molar-refractivity contribution in [2.45, 2.75) is 16.4 Å². The normalized spacial score (nSPS) is 14.8. The summed E-state index contributed by atoms with van der Waals surface area (Å²) in [6.07, 6.45) is 1.29. The molecule has 0 saturated heterocycles. The van der Waals surface area contributed by atoms with Crippen molar-refractivity contribution in [3.8, 4) is 0 Å². The lowest BCUT2D eigenvalue weighted by Crippen LogP contribution is -2.50. The van der Waals surface area contributed by atoms with Crippen LogP contribution in [-0.4, -0.2) is 28.9 Å². The Hall–Kier alpha value is 0.280. The number of halogens is 6. The van der Waals surface area contributed by atoms with Crippen molar-refractivity contribution in [2.75, 3.05) is 12.5 Å². The molecule has 0 N–H and O–H groups in total. The maximum Gasteiger partial charge on any atom is 0.391 e. The van der Waals surface area contributed by atoms with Crippen LogP contribution in [0.15, 0.2) is 0 Å². The van der Waals surface area contributed by atoms with Gasteiger partial charge in [-0.2, -0.15) is 26.3 Å². The SMILES string of the molecule is CSC(F)(F)C(F)(F)C(F)(F)SC. The number of hydrogen-bond donors (Lipinski definition) is 0. The first-order chi connectivity index (χ1) is 5.62. The molecule has 0 rings (SSSR count). The van der Waals surface area contributed by atoms with Crippen LogP contribution < -0.4 is 0 Å². The van der Waals surface area contributed by atoms with Gasteiger partial charge in [-0.05, 0) is 12.5 Å². The third-order valence-electron chi connectivity index (χ3n) is 1.24. The molecule has 0 radical (unpaired) electrons. The first kappa shape index (κ1) is 13.3. The van der Waals surface area contributed by atoms with Crippen molar-refractivity contribution in [2.24, 2.45) is 0 Å². The lowest BCUT2D eigenvalue weighted by molar-refractivity contribution is -0.237. The average Bonchev–Trinajstić information content (AvgIpc) is 2.03. The molecule has 0 unspecified atom stereocenters. The molecule has 0 nitrogen and oxygen atoms in total. The van der Waals surface area contributed by atoms with Gasteiger partial charge in [0, 0.05) is 0 Å². The molecule has 0 aliphatic carbocycles. The van der Waals surface area contributed by atoms with Crippen LogP contribution in [0.1, 0.15) is 0 Å². The third-order valence-corrected chi connectivity index (χ3v) is 2.78. The first-order valence-corrected chi connectivity index (χ1v) is 5.31. The molecular weight excluding hydrogens is 238 g/mol. The van der Waals surface area contributed by atoms with Crippen LogP contribution in [0, 0.1) is 0 Å². The van der Waals surface area contributed by atoms with E-state index in [1.165, 1.54) is 0 Å². The van der Waals surface area contributed by atoms with E-state index < -0.39 is 40.0 Å². The number of thioether (sulfide) groups is 2. The van der Waals surface area contributed by atoms with Crippen molar-refractivity contribution < 1.29 is 26.3 Å². The second-order valence-corrected chi connectivity index (χ2v) is 3.86. The highest BCUT2D eigenvalue weighted by Gasteiger charge is 2.71. The molecule has 0 aromatic carbocycles. The van der Waals surface area contributed by atoms with Crippen LogP contribution in [0.2, 0.25) is 0 Å². The highest BCUT2D eigenvalue weighted by Crippen LogP contribution is 2.53. The number of rotatable bonds is 4. The van der Waals surface area contributed by atoms with Gasteiger partial charge in [-0.15, -0.1) is 0 Å². The molecule has 0 aromatic rings. The van der Waals surface area contributed by atoms with Crippen LogP contribution in [0.5, 0.6) is 0 Å². The fraction of sp³-hybridized carbons (Fsp3) is 1.00. The zero-order valence-electron chi connectivity index (χ0n) is 6.58. The van der Waals surface area contributed by atoms with E-state index in [0.717, 1.165) is 0 Å². The van der Waals surface area contributed by atoms with Crippen LogP contribution in [0.25, 0.3) is 0 Å². The summed E-state index contributed by atoms with van der Waals surface area (Å²) in [6, 6.07) is 0. The van der Waals surface area contributed by atoms with Gasteiger partial charge in [0.25, 0.3) is 0 Å². The molecule has 0 aromatic heterocycles. The quantitative estimate of drug-likeness (QED) is 0.694. The van der Waals surface area contributed by atoms with E-state index in [4.69, 9.17) is 0 Å². The average molecular weight is 244 g/mol. The molecule has 0 atom stereocenters. The molecule has 0 aliphatic heterocycles. The van der Waals surface area contributed by atoms with Crippen molar-refractivity contribution in [1.29, 1.82) is 0 Å². The monoisotopic (exact) mass is 244 g/mol. The molecule has 0 amide bonds. The summed E-state index contributed by atoms with van der Waals surface area (Å²) in [5.41, 5.74) is 0. The van der Waals surface area contributed by atoms with Crippen molar-refractivity contribution in [3.63, 3.8) is 0 Å². The summed E-state index contributed by atoms with van der Waals surface area (Å²) in [5.74, 6) is -5.35. The molecule has 0 bridgehead atoms. The van der Waals surface area contributed by atoms with E-state index in [1.54, 1.807) is 0 Å². The van der Waals surface area contributed by atoms with Crippen LogP contribution >= 0.6 is 23.5 Å². The Labute approximate surface area is 79.4 Å². The van der Waals surface area contributed by atoms with Gasteiger partial charge >= 0.3 is 16.4 Å². The molecule has 13 heavy (non-hydrogen) atoms. The predicted molar refractivity (Wildman–Crippen MR) is 41.9 cm³/mol. The summed E-state index contributed by atoms with van der Waals surface area (Å²) < 4.78 is 74.2. The maximum atomic E-state index is 12.4. The molecule has 0 heterocycles. The van der Waals surface area contributed by atoms with Crippen LogP contribution in [-0.2, 0) is 0 Å². The molecule has 80 valence electrons. The van der Waals surface area contributed by atoms with Crippen molar-refractivity contribution in [1.82, 2.24) is 0 Å². The summed E-state index contributed by atoms with van der Waals surface area (Å²) >= 11 is -1.20. The van der Waals surface area contributed by atoms with Gasteiger partial charge in [0.15, 0.2) is 0 Å². The first-order valence-electron chi connectivity index (χ1n) is 2.86. The Bertz CT molecular complexity index is 162. The standard InChI is InChI=1S/C5H6F6S2/c1-12-4(8,9)3(6,7)5(10,11)13-2/h1-2H3. The summed E-state index contributed by atoms with van der Waals surface area (Å²) in [7, 11) is 0. The van der Waals surface area contributed by atoms with E-state index in [1.807, 2.05) is 0 Å². The van der Waals surface area contributed by atoms with Gasteiger partial charge in [0.2, 0.25) is 0 Å². The molecule has 8 heteroatoms. The fourth-order valence-electron chi connectivity index (χ4n) is 0.426. The van der Waals surface area contributed by atoms with Gasteiger partial charge in [0.05, 0.1) is 0 Å². The fourth-order valence-corrected chi connectivity index (χ4v) is 1.26. The minimum atomic E-state index is -5.35. The Morgan fingerprint density at radius 2 is 0.923 bits per heavy atom. The number of alkyl halides is 6. The lowest BCUT2D eigenvalue weighted by Gasteiger charge is -2.30. The second kappa shape index (κ2) is 3.80. The molecular formula is C5H6F6S2. The van der Waals surface area contributed by atoms with Gasteiger partial charge in [-0.25, -0.2) is 0 Å². The summed E-state index contributed by atoms with van der Waals surface area (Å²) in [6.45, 7) is 0. The van der Waals surface area contributed by atoms with Crippen LogP contribution in [0.3, 0.4) is 0 Å². The molecule has 0 fully saturated rings. The molecule has 0 spiro atoms. The van der Waals surface area contributed by atoms with Crippen molar-refractivity contribution in [3.05, 3.63) is 0 Å². The van der Waals surface area contributed by atoms with Gasteiger partial charge < -0.3 is 0 Å². The Kier molecular flexibility index (Phi) is 3.88. The highest BCUT2D eigenvalue weighted by atomic mass is 32.2. The van der Waals surface area contributed by atoms with Gasteiger partial charge in [-0.1, -0.05) is 23.5 Å². The maximum absolute atomic E-state index is 12.4. The minimum Gasteiger partial charge on any atom is -0.191 e. The smallest absolute Gasteiger partial charge is 0.191 e. The van der Waals surface area contributed by atoms with E-state index in [9.17, 15) is 26.3 Å². The summed E-state index contributed by atoms with van der Waals surface area (Å²) in [5, 5.41) is -9.53. The third kappa shape index (κ3) is 2.20. The van der Waals surface area contributed by atoms with E-state index in [-0.39, 0.29) is 0 Å². The minimum absolute atomic E-state index is 0.600. The van der Waals surface area contributed by atoms with Crippen molar-refractivity contribution >= 4 is 23.5 Å². The molecule has 0 saturated carbocycles. The lowest BCUT2D eigenvalue weighted by atomic mass is 10.3. The zero-order valence-corrected chi connectivity index (χ0v) is 8.22. The number of hydrogen-bond acceptors (Lipinski definition) is 2. The Morgan fingerprint density at radius 1 is 0.692 bits per heavy atom. The molecule has 0 aliphatic rings. The van der Waals surface area contributed by atoms with E-state index >= 15 is 0 Å². The van der Waals surface area contributed by atoms with Crippen LogP contribution in [0.4, 0.5) is 26.3 Å². The Balaban J connectivity index is 4.95. The Morgan fingerprint density at radius 3 is 1.08 bits per heavy atom. The highest BCUT2D eigenvalue weighted by molar-refractivity contribution is 8.00. The largest absolute Gasteiger partial charge is 0.391 e. The second-order valence-electron chi connectivity index (χ2n) is 2.02. The van der Waals surface area contributed by atoms with E-state index in [2.05, 4.69) is 0 Å². The summed E-state index contributed by atoms with van der Waals surface area (Å²) in [4.78, 5) is 0. The topological polar surface area (TPSA) is 0 Å². The predicted octanol–water partition coefficient (Wildman–Crippen LogP) is 3.53. The van der Waals surface area contributed by atoms with Gasteiger partial charge in [0.1, 0.15) is 0 Å².